The number of nitrogens with zero attached hydrogens (tertiary/aromatic N) is 4. The van der Waals surface area contributed by atoms with Crippen LogP contribution in [0.5, 0.6) is 0 Å². The van der Waals surface area contributed by atoms with Crippen LogP contribution in [0, 0.1) is 12.3 Å². The lowest BCUT2D eigenvalue weighted by Gasteiger charge is -2.40. The Morgan fingerprint density at radius 2 is 1.73 bits per heavy atom. The number of esters is 1. The van der Waals surface area contributed by atoms with E-state index in [4.69, 9.17) is 24.4 Å². The summed E-state index contributed by atoms with van der Waals surface area (Å²) in [5.74, 6) is 0.170. The molecule has 1 aromatic carbocycles. The molecule has 3 heterocycles. The van der Waals surface area contributed by atoms with Gasteiger partial charge in [0.05, 0.1) is 28.5 Å². The molecular formula is C30H40N4O3. The average molecular weight is 505 g/mol. The minimum absolute atomic E-state index is 0.260. The van der Waals surface area contributed by atoms with E-state index < -0.39 is 17.7 Å². The summed E-state index contributed by atoms with van der Waals surface area (Å²) >= 11 is 0. The number of fused-ring (bicyclic) bond motifs is 1. The lowest BCUT2D eigenvalue weighted by atomic mass is 9.82. The first-order valence-electron chi connectivity index (χ1n) is 13.2. The Hall–Kier alpha value is -3.06. The first kappa shape index (κ1) is 27.0. The predicted molar refractivity (Wildman–Crippen MR) is 148 cm³/mol. The first-order valence-corrected chi connectivity index (χ1v) is 13.2. The van der Waals surface area contributed by atoms with Crippen molar-refractivity contribution >= 4 is 22.6 Å². The third-order valence-electron chi connectivity index (χ3n) is 6.75. The van der Waals surface area contributed by atoms with Crippen molar-refractivity contribution in [3.05, 3.63) is 47.9 Å². The van der Waals surface area contributed by atoms with Crippen LogP contribution < -0.4 is 4.90 Å². The fourth-order valence-electron chi connectivity index (χ4n) is 4.74. The summed E-state index contributed by atoms with van der Waals surface area (Å²) in [5.41, 5.74) is 3.72. The van der Waals surface area contributed by atoms with Crippen LogP contribution in [0.4, 0.5) is 5.69 Å². The molecule has 0 unspecified atom stereocenters. The molecule has 7 heteroatoms. The molecule has 198 valence electrons. The molecule has 37 heavy (non-hydrogen) atoms. The van der Waals surface area contributed by atoms with Gasteiger partial charge in [0.1, 0.15) is 0 Å². The number of rotatable bonds is 6. The van der Waals surface area contributed by atoms with Crippen LogP contribution in [-0.2, 0) is 14.3 Å². The normalized spacial score (nSPS) is 16.7. The predicted octanol–water partition coefficient (Wildman–Crippen LogP) is 6.43. The second-order valence-electron chi connectivity index (χ2n) is 12.0. The van der Waals surface area contributed by atoms with Crippen LogP contribution in [-0.4, -0.2) is 45.7 Å². The maximum atomic E-state index is 13.5. The monoisotopic (exact) mass is 504 g/mol. The van der Waals surface area contributed by atoms with Crippen LogP contribution in [0.3, 0.4) is 0 Å². The summed E-state index contributed by atoms with van der Waals surface area (Å²) < 4.78 is 12.1. The van der Waals surface area contributed by atoms with Crippen molar-refractivity contribution in [1.29, 1.82) is 0 Å². The van der Waals surface area contributed by atoms with Crippen LogP contribution in [0.25, 0.3) is 22.3 Å². The van der Waals surface area contributed by atoms with Gasteiger partial charge in [-0.25, -0.2) is 14.8 Å². The van der Waals surface area contributed by atoms with Crippen LogP contribution in [0.15, 0.2) is 36.7 Å². The van der Waals surface area contributed by atoms with Crippen molar-refractivity contribution in [3.8, 4) is 11.4 Å². The van der Waals surface area contributed by atoms with E-state index >= 15 is 0 Å². The summed E-state index contributed by atoms with van der Waals surface area (Å²) in [7, 11) is 0. The number of ether oxygens (including phenoxy) is 2. The number of pyridine rings is 1. The molecule has 0 amide bonds. The largest absolute Gasteiger partial charge is 0.461 e. The Bertz CT molecular complexity index is 1270. The van der Waals surface area contributed by atoms with Gasteiger partial charge in [-0.1, -0.05) is 32.0 Å². The molecule has 1 saturated heterocycles. The number of piperidine rings is 1. The Morgan fingerprint density at radius 1 is 1.05 bits per heavy atom. The zero-order valence-electron chi connectivity index (χ0n) is 23.5. The van der Waals surface area contributed by atoms with Crippen molar-refractivity contribution in [2.75, 3.05) is 18.0 Å². The number of para-hydroxylation sites is 1. The van der Waals surface area contributed by atoms with E-state index in [9.17, 15) is 4.79 Å². The molecule has 1 atom stereocenters. The van der Waals surface area contributed by atoms with Gasteiger partial charge in [0.2, 0.25) is 0 Å². The van der Waals surface area contributed by atoms with Crippen molar-refractivity contribution in [2.45, 2.75) is 86.0 Å². The van der Waals surface area contributed by atoms with Gasteiger partial charge in [-0.15, -0.1) is 0 Å². The van der Waals surface area contributed by atoms with E-state index in [1.807, 2.05) is 78.2 Å². The van der Waals surface area contributed by atoms with E-state index in [2.05, 4.69) is 18.7 Å². The van der Waals surface area contributed by atoms with Gasteiger partial charge in [0.15, 0.2) is 11.9 Å². The van der Waals surface area contributed by atoms with E-state index in [0.717, 1.165) is 59.3 Å². The maximum absolute atomic E-state index is 13.5. The molecule has 0 aliphatic carbocycles. The van der Waals surface area contributed by atoms with E-state index in [1.165, 1.54) is 0 Å². The summed E-state index contributed by atoms with van der Waals surface area (Å²) in [6, 6.07) is 7.94. The molecule has 7 nitrogen and oxygen atoms in total. The van der Waals surface area contributed by atoms with Crippen LogP contribution in [0.1, 0.15) is 78.7 Å². The van der Waals surface area contributed by atoms with Crippen molar-refractivity contribution < 1.29 is 14.3 Å². The second-order valence-corrected chi connectivity index (χ2v) is 12.0. The van der Waals surface area contributed by atoms with E-state index in [0.29, 0.717) is 5.82 Å². The van der Waals surface area contributed by atoms with Gasteiger partial charge in [0, 0.05) is 42.1 Å². The van der Waals surface area contributed by atoms with Crippen LogP contribution in [0.2, 0.25) is 0 Å². The number of hydrogen-bond acceptors (Lipinski definition) is 7. The number of hydrogen-bond donors (Lipinski definition) is 0. The molecule has 0 N–H and O–H groups in total. The highest BCUT2D eigenvalue weighted by Crippen LogP contribution is 2.43. The average Bonchev–Trinajstić information content (AvgIpc) is 2.81. The first-order chi connectivity index (χ1) is 17.3. The minimum atomic E-state index is -0.930. The van der Waals surface area contributed by atoms with E-state index in [1.54, 1.807) is 0 Å². The van der Waals surface area contributed by atoms with Crippen LogP contribution >= 0.6 is 0 Å². The molecule has 1 aliphatic heterocycles. The SMILES string of the molecule is Cc1ncc(-c2ncc3ccccc3n2)c(N2CCC(C)(C)CC2)c1[C@H](OC(C)(C)C)C(=O)OC(C)C. The topological polar surface area (TPSA) is 77.4 Å². The number of aryl methyl sites for hydroxylation is 1. The number of benzene rings is 1. The number of carbonyl (C=O) groups is 1. The molecule has 1 aliphatic rings. The molecule has 2 aromatic heterocycles. The third kappa shape index (κ3) is 6.27. The summed E-state index contributed by atoms with van der Waals surface area (Å²) in [5, 5.41) is 0.974. The molecule has 4 rings (SSSR count). The molecule has 1 fully saturated rings. The lowest BCUT2D eigenvalue weighted by Crippen LogP contribution is -2.39. The highest BCUT2D eigenvalue weighted by molar-refractivity contribution is 5.87. The third-order valence-corrected chi connectivity index (χ3v) is 6.75. The molecule has 0 spiro atoms. The lowest BCUT2D eigenvalue weighted by molar-refractivity contribution is -0.171. The number of aromatic nitrogens is 3. The molecule has 3 aromatic rings. The van der Waals surface area contributed by atoms with Crippen molar-refractivity contribution in [1.82, 2.24) is 15.0 Å². The van der Waals surface area contributed by atoms with Gasteiger partial charge in [-0.3, -0.25) is 4.98 Å². The fraction of sp³-hybridized carbons (Fsp3) is 0.533. The Labute approximate surface area is 220 Å². The molecular weight excluding hydrogens is 464 g/mol. The van der Waals surface area contributed by atoms with E-state index in [-0.39, 0.29) is 11.5 Å². The summed E-state index contributed by atoms with van der Waals surface area (Å²) in [4.78, 5) is 30.2. The highest BCUT2D eigenvalue weighted by atomic mass is 16.6. The second kappa shape index (κ2) is 10.4. The standard InChI is InChI=1S/C30H40N4O3/c1-19(2)36-28(35)26(37-29(4,5)6)24-20(3)31-18-22(25(24)34-15-13-30(7,8)14-16-34)27-32-17-21-11-9-10-12-23(21)33-27/h9-12,17-19,26H,13-16H2,1-8H3/t26-/m0/s1. The summed E-state index contributed by atoms with van der Waals surface area (Å²) in [6.45, 7) is 17.8. The zero-order chi connectivity index (χ0) is 27.0. The van der Waals surface area contributed by atoms with Gasteiger partial charge >= 0.3 is 5.97 Å². The Kier molecular flexibility index (Phi) is 7.56. The number of anilines is 1. The molecule has 0 radical (unpaired) electrons. The highest BCUT2D eigenvalue weighted by Gasteiger charge is 2.37. The number of carbonyl (C=O) groups excluding carboxylic acids is 1. The minimum Gasteiger partial charge on any atom is -0.461 e. The van der Waals surface area contributed by atoms with Crippen molar-refractivity contribution in [2.24, 2.45) is 5.41 Å². The Morgan fingerprint density at radius 3 is 2.38 bits per heavy atom. The summed E-state index contributed by atoms with van der Waals surface area (Å²) in [6.07, 6.45) is 4.55. The smallest absolute Gasteiger partial charge is 0.340 e. The van der Waals surface area contributed by atoms with Gasteiger partial charge in [0.25, 0.3) is 0 Å². The van der Waals surface area contributed by atoms with Crippen molar-refractivity contribution in [3.63, 3.8) is 0 Å². The maximum Gasteiger partial charge on any atom is 0.340 e. The quantitative estimate of drug-likeness (QED) is 0.358. The fourth-order valence-corrected chi connectivity index (χ4v) is 4.74. The van der Waals surface area contributed by atoms with Gasteiger partial charge in [-0.2, -0.15) is 0 Å². The van der Waals surface area contributed by atoms with Gasteiger partial charge in [-0.05, 0) is 65.9 Å². The molecule has 0 bridgehead atoms. The Balaban J connectivity index is 1.94. The van der Waals surface area contributed by atoms with Gasteiger partial charge < -0.3 is 14.4 Å². The zero-order valence-corrected chi connectivity index (χ0v) is 23.5. The molecule has 0 saturated carbocycles.